The second kappa shape index (κ2) is 6.47. The van der Waals surface area contributed by atoms with Crippen LogP contribution in [0.4, 0.5) is 4.79 Å². The summed E-state index contributed by atoms with van der Waals surface area (Å²) >= 11 is 0. The van der Waals surface area contributed by atoms with E-state index in [0.717, 1.165) is 17.7 Å². The Kier molecular flexibility index (Phi) is 4.82. The van der Waals surface area contributed by atoms with Gasteiger partial charge in [0.25, 0.3) is 0 Å². The van der Waals surface area contributed by atoms with Crippen LogP contribution in [0.1, 0.15) is 31.5 Å². The monoisotopic (exact) mass is 324 g/mol. The topological polar surface area (TPSA) is 96.7 Å². The lowest BCUT2D eigenvalue weighted by Gasteiger charge is -2.20. The third-order valence-electron chi connectivity index (χ3n) is 4.39. The summed E-state index contributed by atoms with van der Waals surface area (Å²) in [6.45, 7) is 4.63. The summed E-state index contributed by atoms with van der Waals surface area (Å²) in [6, 6.07) is -0.261. The van der Waals surface area contributed by atoms with Crippen LogP contribution in [0.15, 0.2) is 0 Å². The second-order valence-corrected chi connectivity index (χ2v) is 6.11. The normalized spacial score (nSPS) is 20.6. The third-order valence-corrected chi connectivity index (χ3v) is 4.39. The molecule has 8 nitrogen and oxygen atoms in total. The molecule has 1 aromatic rings. The van der Waals surface area contributed by atoms with E-state index < -0.39 is 11.4 Å². The Balaban J connectivity index is 2.02. The van der Waals surface area contributed by atoms with Crippen LogP contribution in [0, 0.1) is 5.41 Å². The molecule has 0 aliphatic carbocycles. The van der Waals surface area contributed by atoms with Gasteiger partial charge in [0.1, 0.15) is 0 Å². The van der Waals surface area contributed by atoms with Crippen LogP contribution < -0.4 is 10.1 Å². The molecule has 128 valence electrons. The van der Waals surface area contributed by atoms with Crippen LogP contribution in [0.2, 0.25) is 0 Å². The van der Waals surface area contributed by atoms with Gasteiger partial charge in [0.2, 0.25) is 5.88 Å². The number of ether oxygens (including phenoxy) is 1. The zero-order valence-electron chi connectivity index (χ0n) is 14.0. The lowest BCUT2D eigenvalue weighted by Crippen LogP contribution is -2.40. The fourth-order valence-corrected chi connectivity index (χ4v) is 2.91. The molecule has 2 heterocycles. The second-order valence-electron chi connectivity index (χ2n) is 6.11. The van der Waals surface area contributed by atoms with Crippen molar-refractivity contribution in [2.24, 2.45) is 12.5 Å². The first-order valence-electron chi connectivity index (χ1n) is 7.67. The summed E-state index contributed by atoms with van der Waals surface area (Å²) in [5.41, 5.74) is 0.866. The van der Waals surface area contributed by atoms with E-state index in [1.807, 2.05) is 6.92 Å². The number of carboxylic acid groups (broad SMARTS) is 1. The molecular weight excluding hydrogens is 300 g/mol. The van der Waals surface area contributed by atoms with Gasteiger partial charge in [-0.3, -0.25) is 4.79 Å². The number of aliphatic carboxylic acids is 1. The van der Waals surface area contributed by atoms with Crippen molar-refractivity contribution in [2.75, 3.05) is 20.2 Å². The molecule has 1 atom stereocenters. The highest BCUT2D eigenvalue weighted by Crippen LogP contribution is 2.30. The molecule has 23 heavy (non-hydrogen) atoms. The van der Waals surface area contributed by atoms with E-state index in [2.05, 4.69) is 10.4 Å². The number of carboxylic acids is 1. The van der Waals surface area contributed by atoms with Gasteiger partial charge in [-0.2, -0.15) is 5.10 Å². The molecule has 0 saturated carbocycles. The first-order chi connectivity index (χ1) is 10.8. The lowest BCUT2D eigenvalue weighted by atomic mass is 9.90. The molecule has 2 amide bonds. The minimum absolute atomic E-state index is 0.221. The molecule has 1 saturated heterocycles. The van der Waals surface area contributed by atoms with Gasteiger partial charge in [-0.05, 0) is 19.8 Å². The minimum atomic E-state index is -0.866. The Morgan fingerprint density at radius 1 is 1.48 bits per heavy atom. The molecule has 1 aliphatic heterocycles. The van der Waals surface area contributed by atoms with Crippen molar-refractivity contribution in [3.05, 3.63) is 11.3 Å². The minimum Gasteiger partial charge on any atom is -0.481 e. The van der Waals surface area contributed by atoms with E-state index in [1.54, 1.807) is 30.7 Å². The molecule has 0 radical (unpaired) electrons. The summed E-state index contributed by atoms with van der Waals surface area (Å²) in [4.78, 5) is 25.1. The highest BCUT2D eigenvalue weighted by molar-refractivity contribution is 5.79. The Hall–Kier alpha value is -2.25. The molecule has 0 aromatic carbocycles. The molecule has 1 unspecified atom stereocenters. The Morgan fingerprint density at radius 2 is 2.17 bits per heavy atom. The molecular formula is C15H24N4O4. The molecule has 8 heteroatoms. The number of methoxy groups -OCH3 is 1. The van der Waals surface area contributed by atoms with E-state index in [4.69, 9.17) is 4.74 Å². The molecule has 0 spiro atoms. The van der Waals surface area contributed by atoms with Crippen molar-refractivity contribution in [3.63, 3.8) is 0 Å². The van der Waals surface area contributed by atoms with E-state index in [0.29, 0.717) is 25.4 Å². The number of carbonyl (C=O) groups is 2. The first-order valence-corrected chi connectivity index (χ1v) is 7.67. The van der Waals surface area contributed by atoms with Crippen LogP contribution >= 0.6 is 0 Å². The van der Waals surface area contributed by atoms with Gasteiger partial charge in [-0.1, -0.05) is 6.92 Å². The Morgan fingerprint density at radius 3 is 2.70 bits per heavy atom. The number of aryl methyl sites for hydroxylation is 2. The summed E-state index contributed by atoms with van der Waals surface area (Å²) in [6.07, 6.45) is 1.20. The number of likely N-dealkylation sites (tertiary alicyclic amines) is 1. The summed E-state index contributed by atoms with van der Waals surface area (Å²) in [5, 5.41) is 16.4. The number of aromatic nitrogens is 2. The summed E-state index contributed by atoms with van der Waals surface area (Å²) < 4.78 is 6.99. The van der Waals surface area contributed by atoms with Crippen molar-refractivity contribution < 1.29 is 19.4 Å². The van der Waals surface area contributed by atoms with Gasteiger partial charge >= 0.3 is 12.0 Å². The van der Waals surface area contributed by atoms with Gasteiger partial charge in [0.05, 0.1) is 30.3 Å². The highest BCUT2D eigenvalue weighted by atomic mass is 16.5. The van der Waals surface area contributed by atoms with Crippen LogP contribution in [-0.4, -0.2) is 52.0 Å². The average Bonchev–Trinajstić information content (AvgIpc) is 3.06. The molecule has 2 N–H and O–H groups in total. The van der Waals surface area contributed by atoms with E-state index in [9.17, 15) is 14.7 Å². The van der Waals surface area contributed by atoms with E-state index in [1.165, 1.54) is 0 Å². The summed E-state index contributed by atoms with van der Waals surface area (Å²) in [7, 11) is 3.36. The van der Waals surface area contributed by atoms with Crippen molar-refractivity contribution in [2.45, 2.75) is 33.2 Å². The van der Waals surface area contributed by atoms with Crippen LogP contribution in [0.25, 0.3) is 0 Å². The van der Waals surface area contributed by atoms with Crippen molar-refractivity contribution in [1.82, 2.24) is 20.0 Å². The number of amides is 2. The van der Waals surface area contributed by atoms with Crippen LogP contribution in [-0.2, 0) is 24.8 Å². The number of hydrogen-bond donors (Lipinski definition) is 2. The first kappa shape index (κ1) is 17.1. The fourth-order valence-electron chi connectivity index (χ4n) is 2.91. The Labute approximate surface area is 135 Å². The van der Waals surface area contributed by atoms with Gasteiger partial charge in [0, 0.05) is 20.1 Å². The number of carbonyl (C=O) groups excluding carboxylic acids is 1. The van der Waals surface area contributed by atoms with Crippen LogP contribution in [0.5, 0.6) is 5.88 Å². The molecule has 1 aliphatic rings. The summed E-state index contributed by atoms with van der Waals surface area (Å²) in [5.74, 6) is -0.242. The lowest BCUT2D eigenvalue weighted by molar-refractivity contribution is -0.147. The number of nitrogens with one attached hydrogen (secondary N) is 1. The molecule has 2 rings (SSSR count). The predicted molar refractivity (Wildman–Crippen MR) is 83.3 cm³/mol. The van der Waals surface area contributed by atoms with Crippen LogP contribution in [0.3, 0.4) is 0 Å². The zero-order chi connectivity index (χ0) is 17.2. The average molecular weight is 324 g/mol. The van der Waals surface area contributed by atoms with Gasteiger partial charge < -0.3 is 20.1 Å². The molecule has 1 fully saturated rings. The fraction of sp³-hybridized carbons (Fsp3) is 0.667. The maximum absolute atomic E-state index is 12.3. The number of rotatable bonds is 5. The van der Waals surface area contributed by atoms with Crippen molar-refractivity contribution >= 4 is 12.0 Å². The quantitative estimate of drug-likeness (QED) is 0.842. The highest BCUT2D eigenvalue weighted by Gasteiger charge is 2.42. The standard InChI is InChI=1S/C15H24N4O4/c1-5-11-10(12(23-4)18(3)17-11)8-16-14(22)19-7-6-15(2,9-19)13(20)21/h5-9H2,1-4H3,(H,16,22)(H,20,21). The maximum atomic E-state index is 12.3. The zero-order valence-corrected chi connectivity index (χ0v) is 14.0. The van der Waals surface area contributed by atoms with Crippen molar-refractivity contribution in [1.29, 1.82) is 0 Å². The maximum Gasteiger partial charge on any atom is 0.317 e. The number of urea groups is 1. The van der Waals surface area contributed by atoms with Gasteiger partial charge in [-0.15, -0.1) is 0 Å². The smallest absolute Gasteiger partial charge is 0.317 e. The predicted octanol–water partition coefficient (Wildman–Crippen LogP) is 0.997. The largest absolute Gasteiger partial charge is 0.481 e. The van der Waals surface area contributed by atoms with Gasteiger partial charge in [-0.25, -0.2) is 9.48 Å². The SMILES string of the molecule is CCc1nn(C)c(OC)c1CNC(=O)N1CCC(C)(C(=O)O)C1. The number of hydrogen-bond acceptors (Lipinski definition) is 4. The van der Waals surface area contributed by atoms with Gasteiger partial charge in [0.15, 0.2) is 0 Å². The molecule has 0 bridgehead atoms. The third kappa shape index (κ3) is 3.25. The molecule has 1 aromatic heterocycles. The van der Waals surface area contributed by atoms with E-state index >= 15 is 0 Å². The van der Waals surface area contributed by atoms with Crippen molar-refractivity contribution in [3.8, 4) is 5.88 Å². The Bertz CT molecular complexity index is 613. The number of nitrogens with zero attached hydrogens (tertiary/aromatic N) is 3. The van der Waals surface area contributed by atoms with E-state index in [-0.39, 0.29) is 12.6 Å².